The summed E-state index contributed by atoms with van der Waals surface area (Å²) in [4.78, 5) is 28.2. The minimum absolute atomic E-state index is 0.00184. The van der Waals surface area contributed by atoms with E-state index in [2.05, 4.69) is 5.32 Å². The Balaban J connectivity index is 2.05. The van der Waals surface area contributed by atoms with Gasteiger partial charge >= 0.3 is 0 Å². The highest BCUT2D eigenvalue weighted by Crippen LogP contribution is 2.33. The van der Waals surface area contributed by atoms with Crippen LogP contribution in [0.1, 0.15) is 31.4 Å². The molecule has 2 amide bonds. The number of nitrogens with one attached hydrogen (secondary N) is 1. The van der Waals surface area contributed by atoms with Crippen molar-refractivity contribution in [3.63, 3.8) is 0 Å². The lowest BCUT2D eigenvalue weighted by atomic mass is 10.1. The number of aryl methyl sites for hydroxylation is 1. The molecule has 3 rings (SSSR count). The number of halogens is 2. The van der Waals surface area contributed by atoms with Gasteiger partial charge in [0.25, 0.3) is 10.0 Å². The third-order valence-corrected chi connectivity index (χ3v) is 8.42. The first kappa shape index (κ1) is 29.5. The van der Waals surface area contributed by atoms with Crippen molar-refractivity contribution >= 4 is 50.7 Å². The molecule has 1 N–H and O–H groups in total. The van der Waals surface area contributed by atoms with E-state index in [0.29, 0.717) is 11.6 Å². The number of hydrogen-bond donors (Lipinski definition) is 1. The van der Waals surface area contributed by atoms with Crippen molar-refractivity contribution in [2.24, 2.45) is 0 Å². The van der Waals surface area contributed by atoms with Gasteiger partial charge in [0.1, 0.15) is 12.6 Å². The Morgan fingerprint density at radius 3 is 2.26 bits per heavy atom. The average Bonchev–Trinajstić information content (AvgIpc) is 2.90. The van der Waals surface area contributed by atoms with Gasteiger partial charge in [0, 0.05) is 18.1 Å². The van der Waals surface area contributed by atoms with Crippen LogP contribution in [0.25, 0.3) is 0 Å². The fourth-order valence-electron chi connectivity index (χ4n) is 3.87. The van der Waals surface area contributed by atoms with Crippen LogP contribution in [-0.2, 0) is 26.2 Å². The van der Waals surface area contributed by atoms with Gasteiger partial charge in [0.15, 0.2) is 0 Å². The first-order valence-electron chi connectivity index (χ1n) is 12.2. The molecule has 202 valence electrons. The molecule has 0 saturated heterocycles. The summed E-state index contributed by atoms with van der Waals surface area (Å²) < 4.78 is 28.5. The van der Waals surface area contributed by atoms with Gasteiger partial charge in [0.2, 0.25) is 11.8 Å². The maximum atomic E-state index is 13.9. The van der Waals surface area contributed by atoms with Crippen molar-refractivity contribution in [1.29, 1.82) is 0 Å². The molecule has 1 atom stereocenters. The lowest BCUT2D eigenvalue weighted by Gasteiger charge is -2.32. The van der Waals surface area contributed by atoms with Gasteiger partial charge < -0.3 is 10.2 Å². The van der Waals surface area contributed by atoms with Gasteiger partial charge in [-0.2, -0.15) is 0 Å². The molecule has 3 aromatic rings. The lowest BCUT2D eigenvalue weighted by Crippen LogP contribution is -2.51. The number of carbonyl (C=O) groups is 2. The quantitative estimate of drug-likeness (QED) is 0.330. The molecule has 0 saturated carbocycles. The zero-order valence-electron chi connectivity index (χ0n) is 21.5. The average molecular weight is 577 g/mol. The summed E-state index contributed by atoms with van der Waals surface area (Å²) in [5, 5.41) is 3.22. The molecular formula is C28H31Cl2N3O4S. The van der Waals surface area contributed by atoms with E-state index in [1.54, 1.807) is 25.1 Å². The van der Waals surface area contributed by atoms with Gasteiger partial charge in [-0.3, -0.25) is 13.9 Å². The summed E-state index contributed by atoms with van der Waals surface area (Å²) in [7, 11) is -4.20. The van der Waals surface area contributed by atoms with Crippen molar-refractivity contribution < 1.29 is 18.0 Å². The fraction of sp³-hybridized carbons (Fsp3) is 0.286. The van der Waals surface area contributed by atoms with Crippen LogP contribution >= 0.6 is 23.2 Å². The standard InChI is InChI=1S/C28H31Cl2N3O4S/c1-4-16-31-28(35)21(3)32(18-22-11-9-8-10-20(22)2)27(34)19-33(26-15-14-23(29)17-25(26)30)38(36,37)24-12-6-5-7-13-24/h5-15,17,21H,4,16,18-19H2,1-3H3,(H,31,35)/t21-/m0/s1. The molecule has 7 nitrogen and oxygen atoms in total. The molecular weight excluding hydrogens is 545 g/mol. The smallest absolute Gasteiger partial charge is 0.264 e. The summed E-state index contributed by atoms with van der Waals surface area (Å²) in [6, 6.07) is 18.9. The zero-order chi connectivity index (χ0) is 27.9. The van der Waals surface area contributed by atoms with Gasteiger partial charge in [-0.15, -0.1) is 0 Å². The molecule has 0 fully saturated rings. The molecule has 0 aliphatic heterocycles. The first-order chi connectivity index (χ1) is 18.1. The number of benzene rings is 3. The van der Waals surface area contributed by atoms with Crippen LogP contribution in [0.2, 0.25) is 10.0 Å². The minimum Gasteiger partial charge on any atom is -0.354 e. The molecule has 0 aliphatic rings. The molecule has 0 aromatic heterocycles. The van der Waals surface area contributed by atoms with Gasteiger partial charge in [-0.25, -0.2) is 8.42 Å². The molecule has 0 bridgehead atoms. The van der Waals surface area contributed by atoms with Crippen LogP contribution in [0.15, 0.2) is 77.7 Å². The Labute approximate surface area is 234 Å². The molecule has 0 aliphatic carbocycles. The van der Waals surface area contributed by atoms with Crippen molar-refractivity contribution in [3.05, 3.63) is 94.0 Å². The van der Waals surface area contributed by atoms with E-state index < -0.39 is 28.5 Å². The predicted molar refractivity (Wildman–Crippen MR) is 152 cm³/mol. The highest BCUT2D eigenvalue weighted by Gasteiger charge is 2.33. The second-order valence-electron chi connectivity index (χ2n) is 8.84. The maximum absolute atomic E-state index is 13.9. The van der Waals surface area contributed by atoms with E-state index in [1.807, 2.05) is 38.1 Å². The number of carbonyl (C=O) groups excluding carboxylic acids is 2. The molecule has 0 heterocycles. The molecule has 0 unspecified atom stereocenters. The Kier molecular flexibility index (Phi) is 10.2. The molecule has 3 aromatic carbocycles. The van der Waals surface area contributed by atoms with Gasteiger partial charge in [0.05, 0.1) is 15.6 Å². The van der Waals surface area contributed by atoms with E-state index >= 15 is 0 Å². The number of hydrogen-bond acceptors (Lipinski definition) is 4. The second kappa shape index (κ2) is 13.1. The van der Waals surface area contributed by atoms with Gasteiger partial charge in [-0.1, -0.05) is 72.6 Å². The molecule has 10 heteroatoms. The number of amides is 2. The highest BCUT2D eigenvalue weighted by molar-refractivity contribution is 7.92. The van der Waals surface area contributed by atoms with Crippen molar-refractivity contribution in [1.82, 2.24) is 10.2 Å². The first-order valence-corrected chi connectivity index (χ1v) is 14.4. The number of anilines is 1. The maximum Gasteiger partial charge on any atom is 0.264 e. The second-order valence-corrected chi connectivity index (χ2v) is 11.5. The number of rotatable bonds is 11. The summed E-state index contributed by atoms with van der Waals surface area (Å²) >= 11 is 12.5. The van der Waals surface area contributed by atoms with Crippen molar-refractivity contribution in [3.8, 4) is 0 Å². The summed E-state index contributed by atoms with van der Waals surface area (Å²) in [6.45, 7) is 5.50. The normalized spacial score (nSPS) is 12.0. The van der Waals surface area contributed by atoms with Crippen LogP contribution in [0.5, 0.6) is 0 Å². The summed E-state index contributed by atoms with van der Waals surface area (Å²) in [5.41, 5.74) is 1.89. The molecule has 0 radical (unpaired) electrons. The van der Waals surface area contributed by atoms with E-state index in [1.165, 1.54) is 35.2 Å². The van der Waals surface area contributed by atoms with E-state index in [4.69, 9.17) is 23.2 Å². The van der Waals surface area contributed by atoms with Gasteiger partial charge in [-0.05, 0) is 61.7 Å². The molecule has 0 spiro atoms. The van der Waals surface area contributed by atoms with Crippen LogP contribution < -0.4 is 9.62 Å². The Hall–Kier alpha value is -3.07. The monoisotopic (exact) mass is 575 g/mol. The molecule has 38 heavy (non-hydrogen) atoms. The topological polar surface area (TPSA) is 86.8 Å². The Bertz CT molecular complexity index is 1380. The fourth-order valence-corrected chi connectivity index (χ4v) is 5.88. The van der Waals surface area contributed by atoms with Crippen molar-refractivity contribution in [2.75, 3.05) is 17.4 Å². The van der Waals surface area contributed by atoms with Crippen LogP contribution in [0.3, 0.4) is 0 Å². The summed E-state index contributed by atoms with van der Waals surface area (Å²) in [5.74, 6) is -0.881. The van der Waals surface area contributed by atoms with Crippen LogP contribution in [0.4, 0.5) is 5.69 Å². The van der Waals surface area contributed by atoms with Crippen LogP contribution in [-0.4, -0.2) is 44.3 Å². The zero-order valence-corrected chi connectivity index (χ0v) is 23.9. The van der Waals surface area contributed by atoms with E-state index in [-0.39, 0.29) is 28.1 Å². The Morgan fingerprint density at radius 2 is 1.63 bits per heavy atom. The lowest BCUT2D eigenvalue weighted by molar-refractivity contribution is -0.139. The summed E-state index contributed by atoms with van der Waals surface area (Å²) in [6.07, 6.45) is 0.738. The Morgan fingerprint density at radius 1 is 0.974 bits per heavy atom. The third-order valence-electron chi connectivity index (χ3n) is 6.11. The number of sulfonamides is 1. The van der Waals surface area contributed by atoms with E-state index in [9.17, 15) is 18.0 Å². The third kappa shape index (κ3) is 7.07. The van der Waals surface area contributed by atoms with Crippen molar-refractivity contribution in [2.45, 2.75) is 44.7 Å². The van der Waals surface area contributed by atoms with Crippen LogP contribution in [0, 0.1) is 6.92 Å². The number of nitrogens with zero attached hydrogens (tertiary/aromatic N) is 2. The highest BCUT2D eigenvalue weighted by atomic mass is 35.5. The predicted octanol–water partition coefficient (Wildman–Crippen LogP) is 5.44. The SMILES string of the molecule is CCCNC(=O)[C@H](C)N(Cc1ccccc1C)C(=O)CN(c1ccc(Cl)cc1Cl)S(=O)(=O)c1ccccc1. The van der Waals surface area contributed by atoms with E-state index in [0.717, 1.165) is 21.9 Å². The largest absolute Gasteiger partial charge is 0.354 e. The minimum atomic E-state index is -4.20.